The Kier molecular flexibility index (Phi) is 3.44. The van der Waals surface area contributed by atoms with Crippen LogP contribution in [0.3, 0.4) is 0 Å². The molecule has 1 unspecified atom stereocenters. The Bertz CT molecular complexity index is 296. The largest absolute Gasteiger partial charge is 0.481 e. The molecule has 1 N–H and O–H groups in total. The number of cyclic esters (lactones) is 1. The van der Waals surface area contributed by atoms with Crippen LogP contribution in [0.1, 0.15) is 39.0 Å². The molecule has 5 heteroatoms. The zero-order valence-corrected chi connectivity index (χ0v) is 8.62. The maximum Gasteiger partial charge on any atom is 0.306 e. The van der Waals surface area contributed by atoms with Crippen molar-refractivity contribution >= 4 is 17.7 Å². The Morgan fingerprint density at radius 3 is 2.60 bits per heavy atom. The van der Waals surface area contributed by atoms with Gasteiger partial charge in [0.15, 0.2) is 0 Å². The van der Waals surface area contributed by atoms with Crippen molar-refractivity contribution in [1.29, 1.82) is 0 Å². The van der Waals surface area contributed by atoms with E-state index in [-0.39, 0.29) is 31.0 Å². The van der Waals surface area contributed by atoms with Gasteiger partial charge in [-0.05, 0) is 13.3 Å². The second kappa shape index (κ2) is 4.42. The summed E-state index contributed by atoms with van der Waals surface area (Å²) in [6, 6.07) is 0. The Labute approximate surface area is 87.4 Å². The van der Waals surface area contributed by atoms with Gasteiger partial charge in [0.2, 0.25) is 0 Å². The fraction of sp³-hybridized carbons (Fsp3) is 0.700. The van der Waals surface area contributed by atoms with E-state index >= 15 is 0 Å². The smallest absolute Gasteiger partial charge is 0.306 e. The fourth-order valence-electron chi connectivity index (χ4n) is 1.62. The maximum atomic E-state index is 11.4. The van der Waals surface area contributed by atoms with Crippen molar-refractivity contribution in [3.8, 4) is 0 Å². The van der Waals surface area contributed by atoms with Crippen molar-refractivity contribution in [3.63, 3.8) is 0 Å². The van der Waals surface area contributed by atoms with E-state index in [1.165, 1.54) is 0 Å². The van der Waals surface area contributed by atoms with E-state index in [1.54, 1.807) is 6.92 Å². The summed E-state index contributed by atoms with van der Waals surface area (Å²) in [7, 11) is 0. The summed E-state index contributed by atoms with van der Waals surface area (Å²) in [4.78, 5) is 32.5. The lowest BCUT2D eigenvalue weighted by atomic mass is 9.94. The number of carbonyl (C=O) groups is 3. The lowest BCUT2D eigenvalue weighted by Crippen LogP contribution is -2.27. The summed E-state index contributed by atoms with van der Waals surface area (Å²) in [5, 5.41) is 8.39. The monoisotopic (exact) mass is 214 g/mol. The number of carboxylic acids is 1. The third-order valence-electron chi connectivity index (χ3n) is 2.41. The Balaban J connectivity index is 2.37. The molecule has 0 aromatic heterocycles. The van der Waals surface area contributed by atoms with Gasteiger partial charge >= 0.3 is 11.9 Å². The van der Waals surface area contributed by atoms with Crippen molar-refractivity contribution in [1.82, 2.24) is 0 Å². The number of Topliss-reactive ketones (excluding diaryl/α,β-unsaturated/α-hetero) is 1. The molecule has 0 bridgehead atoms. The van der Waals surface area contributed by atoms with Crippen molar-refractivity contribution in [2.24, 2.45) is 0 Å². The number of aliphatic carboxylic acids is 1. The minimum Gasteiger partial charge on any atom is -0.481 e. The van der Waals surface area contributed by atoms with Crippen LogP contribution in [0.5, 0.6) is 0 Å². The van der Waals surface area contributed by atoms with Crippen LogP contribution in [0.25, 0.3) is 0 Å². The molecule has 5 nitrogen and oxygen atoms in total. The molecule has 0 aromatic carbocycles. The van der Waals surface area contributed by atoms with Crippen LogP contribution < -0.4 is 0 Å². The molecular weight excluding hydrogens is 200 g/mol. The van der Waals surface area contributed by atoms with E-state index in [2.05, 4.69) is 0 Å². The standard InChI is InChI=1S/C10H14O5/c1-10(5-4-9(14)15-10)6-7(11)2-3-8(12)13/h2-6H2,1H3,(H,12,13). The minimum absolute atomic E-state index is 0.00245. The molecule has 1 heterocycles. The molecule has 1 fully saturated rings. The number of carboxylic acid groups (broad SMARTS) is 1. The van der Waals surface area contributed by atoms with E-state index < -0.39 is 11.6 Å². The van der Waals surface area contributed by atoms with Gasteiger partial charge in [-0.3, -0.25) is 14.4 Å². The normalized spacial score (nSPS) is 25.0. The number of carbonyl (C=O) groups excluding carboxylic acids is 2. The average molecular weight is 214 g/mol. The van der Waals surface area contributed by atoms with Crippen molar-refractivity contribution < 1.29 is 24.2 Å². The summed E-state index contributed by atoms with van der Waals surface area (Å²) in [5.74, 6) is -1.45. The SMILES string of the molecule is CC1(CC(=O)CCC(=O)O)CCC(=O)O1. The van der Waals surface area contributed by atoms with Gasteiger partial charge in [-0.2, -0.15) is 0 Å². The van der Waals surface area contributed by atoms with Gasteiger partial charge in [-0.25, -0.2) is 0 Å². The molecule has 84 valence electrons. The molecule has 1 saturated heterocycles. The third-order valence-corrected chi connectivity index (χ3v) is 2.41. The highest BCUT2D eigenvalue weighted by Gasteiger charge is 2.37. The Hall–Kier alpha value is -1.39. The Morgan fingerprint density at radius 2 is 2.13 bits per heavy atom. The average Bonchev–Trinajstić information content (AvgIpc) is 2.42. The number of ketones is 1. The molecule has 0 amide bonds. The second-order valence-electron chi connectivity index (χ2n) is 4.03. The van der Waals surface area contributed by atoms with Gasteiger partial charge in [0.1, 0.15) is 11.4 Å². The van der Waals surface area contributed by atoms with Crippen molar-refractivity contribution in [2.45, 2.75) is 44.6 Å². The van der Waals surface area contributed by atoms with Gasteiger partial charge in [0.05, 0.1) is 6.42 Å². The van der Waals surface area contributed by atoms with E-state index in [1.807, 2.05) is 0 Å². The summed E-state index contributed by atoms with van der Waals surface area (Å²) >= 11 is 0. The number of rotatable bonds is 5. The minimum atomic E-state index is -0.989. The molecule has 0 aliphatic carbocycles. The first-order chi connectivity index (χ1) is 6.91. The highest BCUT2D eigenvalue weighted by molar-refractivity contribution is 5.84. The quantitative estimate of drug-likeness (QED) is 0.688. The van der Waals surface area contributed by atoms with E-state index in [0.717, 1.165) is 0 Å². The molecule has 0 radical (unpaired) electrons. The van der Waals surface area contributed by atoms with Crippen molar-refractivity contribution in [2.75, 3.05) is 0 Å². The van der Waals surface area contributed by atoms with E-state index in [4.69, 9.17) is 9.84 Å². The predicted octanol–water partition coefficient (Wildman–Crippen LogP) is 0.906. The van der Waals surface area contributed by atoms with Crippen LogP contribution >= 0.6 is 0 Å². The molecule has 1 rings (SSSR count). The molecule has 1 aliphatic heterocycles. The first-order valence-electron chi connectivity index (χ1n) is 4.87. The summed E-state index contributed by atoms with van der Waals surface area (Å²) in [6.07, 6.45) is 0.824. The van der Waals surface area contributed by atoms with Gasteiger partial charge in [0.25, 0.3) is 0 Å². The summed E-state index contributed by atoms with van der Waals surface area (Å²) in [5.41, 5.74) is -0.716. The molecule has 0 aromatic rings. The van der Waals surface area contributed by atoms with Gasteiger partial charge in [-0.1, -0.05) is 0 Å². The maximum absolute atomic E-state index is 11.4. The summed E-state index contributed by atoms with van der Waals surface area (Å²) < 4.78 is 5.02. The number of hydrogen-bond donors (Lipinski definition) is 1. The highest BCUT2D eigenvalue weighted by atomic mass is 16.6. The first-order valence-corrected chi connectivity index (χ1v) is 4.87. The lowest BCUT2D eigenvalue weighted by molar-refractivity contribution is -0.149. The van der Waals surface area contributed by atoms with Crippen LogP contribution in [-0.2, 0) is 19.1 Å². The zero-order chi connectivity index (χ0) is 11.5. The molecule has 1 atom stereocenters. The van der Waals surface area contributed by atoms with Gasteiger partial charge in [0, 0.05) is 19.3 Å². The van der Waals surface area contributed by atoms with Gasteiger partial charge in [-0.15, -0.1) is 0 Å². The molecular formula is C10H14O5. The van der Waals surface area contributed by atoms with E-state index in [0.29, 0.717) is 12.8 Å². The fourth-order valence-corrected chi connectivity index (χ4v) is 1.62. The van der Waals surface area contributed by atoms with Crippen LogP contribution in [0.2, 0.25) is 0 Å². The van der Waals surface area contributed by atoms with Crippen LogP contribution in [-0.4, -0.2) is 28.4 Å². The van der Waals surface area contributed by atoms with Crippen molar-refractivity contribution in [3.05, 3.63) is 0 Å². The third kappa shape index (κ3) is 3.69. The molecule has 0 spiro atoms. The lowest BCUT2D eigenvalue weighted by Gasteiger charge is -2.21. The second-order valence-corrected chi connectivity index (χ2v) is 4.03. The van der Waals surface area contributed by atoms with E-state index in [9.17, 15) is 14.4 Å². The van der Waals surface area contributed by atoms with Gasteiger partial charge < -0.3 is 9.84 Å². The molecule has 15 heavy (non-hydrogen) atoms. The number of hydrogen-bond acceptors (Lipinski definition) is 4. The molecule has 0 saturated carbocycles. The zero-order valence-electron chi connectivity index (χ0n) is 8.62. The predicted molar refractivity (Wildman–Crippen MR) is 50.2 cm³/mol. The Morgan fingerprint density at radius 1 is 1.47 bits per heavy atom. The highest BCUT2D eigenvalue weighted by Crippen LogP contribution is 2.30. The van der Waals surface area contributed by atoms with Crippen LogP contribution in [0.15, 0.2) is 0 Å². The summed E-state index contributed by atoms with van der Waals surface area (Å²) in [6.45, 7) is 1.70. The molecule has 1 aliphatic rings. The van der Waals surface area contributed by atoms with Crippen LogP contribution in [0.4, 0.5) is 0 Å². The van der Waals surface area contributed by atoms with Crippen LogP contribution in [0, 0.1) is 0 Å². The number of ether oxygens (including phenoxy) is 1. The topological polar surface area (TPSA) is 80.7 Å². The number of esters is 1. The first kappa shape index (κ1) is 11.7.